The first kappa shape index (κ1) is 48.0. The Hall–Kier alpha value is -4.37. The Morgan fingerprint density at radius 2 is 1.69 bits per heavy atom. The van der Waals surface area contributed by atoms with Crippen molar-refractivity contribution in [2.45, 2.75) is 137 Å². The van der Waals surface area contributed by atoms with Gasteiger partial charge in [-0.25, -0.2) is 4.98 Å². The van der Waals surface area contributed by atoms with E-state index in [0.717, 1.165) is 36.3 Å². The van der Waals surface area contributed by atoms with Gasteiger partial charge in [-0.1, -0.05) is 91.6 Å². The number of likely N-dealkylation sites (N-methyl/N-ethyl adjacent to an activating group) is 1. The topological polar surface area (TPSA) is 185 Å². The van der Waals surface area contributed by atoms with Crippen LogP contribution in [-0.2, 0) is 39.9 Å². The molecule has 0 bridgehead atoms. The summed E-state index contributed by atoms with van der Waals surface area (Å²) >= 11 is 1.12. The number of piperidine rings is 1. The minimum Gasteiger partial charge on any atom is -0.481 e. The molecule has 14 nitrogen and oxygen atoms in total. The number of amides is 3. The van der Waals surface area contributed by atoms with Gasteiger partial charge in [0.1, 0.15) is 16.7 Å². The van der Waals surface area contributed by atoms with Gasteiger partial charge in [-0.05, 0) is 62.6 Å². The van der Waals surface area contributed by atoms with Crippen LogP contribution in [0.3, 0.4) is 0 Å². The van der Waals surface area contributed by atoms with Gasteiger partial charge in [-0.3, -0.25) is 33.7 Å². The zero-order valence-corrected chi connectivity index (χ0v) is 36.5. The number of benzene rings is 1. The number of hydrogen-bond acceptors (Lipinski definition) is 11. The van der Waals surface area contributed by atoms with Gasteiger partial charge in [-0.2, -0.15) is 0 Å². The number of carboxylic acid groups (broad SMARTS) is 1. The third kappa shape index (κ3) is 14.8. The van der Waals surface area contributed by atoms with Crippen LogP contribution < -0.4 is 10.6 Å². The van der Waals surface area contributed by atoms with Crippen molar-refractivity contribution in [2.75, 3.05) is 20.3 Å². The second kappa shape index (κ2) is 23.3. The molecule has 15 heteroatoms. The number of nitrogens with zero attached hydrogens (tertiary/aromatic N) is 3. The van der Waals surface area contributed by atoms with Crippen LogP contribution in [0, 0.1) is 23.7 Å². The minimum absolute atomic E-state index is 0.0241. The summed E-state index contributed by atoms with van der Waals surface area (Å²) in [5, 5.41) is 17.5. The van der Waals surface area contributed by atoms with Crippen LogP contribution in [0.4, 0.5) is 0 Å². The number of ether oxygens (including phenoxy) is 2. The molecule has 0 aliphatic carbocycles. The van der Waals surface area contributed by atoms with Crippen molar-refractivity contribution in [2.24, 2.45) is 23.7 Å². The predicted molar refractivity (Wildman–Crippen MR) is 222 cm³/mol. The molecule has 3 amide bonds. The zero-order chi connectivity index (χ0) is 43.1. The number of thiazole rings is 1. The molecular formula is C43H65N5O9S. The van der Waals surface area contributed by atoms with Crippen molar-refractivity contribution in [3.63, 3.8) is 0 Å². The predicted octanol–water partition coefficient (Wildman–Crippen LogP) is 6.00. The van der Waals surface area contributed by atoms with Gasteiger partial charge in [0, 0.05) is 37.2 Å². The van der Waals surface area contributed by atoms with E-state index in [2.05, 4.69) is 15.6 Å². The smallest absolute Gasteiger partial charge is 0.307 e. The van der Waals surface area contributed by atoms with Crippen LogP contribution in [-0.4, -0.2) is 100 Å². The fraction of sp³-hybridized carbons (Fsp3) is 0.651. The second-order valence-electron chi connectivity index (χ2n) is 16.5. The molecule has 2 aromatic rings. The van der Waals surface area contributed by atoms with Gasteiger partial charge in [0.05, 0.1) is 12.0 Å². The molecule has 0 spiro atoms. The highest BCUT2D eigenvalue weighted by Gasteiger charge is 2.39. The summed E-state index contributed by atoms with van der Waals surface area (Å²) < 4.78 is 11.6. The number of esters is 2. The molecule has 0 radical (unpaired) electrons. The molecule has 1 saturated heterocycles. The number of hydrogen-bond donors (Lipinski definition) is 3. The number of aliphatic carboxylic acids is 1. The second-order valence-corrected chi connectivity index (χ2v) is 17.4. The summed E-state index contributed by atoms with van der Waals surface area (Å²) in [5.74, 6) is -4.39. The van der Waals surface area contributed by atoms with Crippen molar-refractivity contribution in [3.05, 3.63) is 52.0 Å². The number of carboxylic acids is 1. The van der Waals surface area contributed by atoms with Crippen LogP contribution in [0.5, 0.6) is 0 Å². The van der Waals surface area contributed by atoms with Crippen molar-refractivity contribution in [1.29, 1.82) is 0 Å². The van der Waals surface area contributed by atoms with Gasteiger partial charge in [0.25, 0.3) is 5.91 Å². The summed E-state index contributed by atoms with van der Waals surface area (Å²) in [6, 6.07) is 6.99. The molecule has 2 heterocycles. The number of carbonyl (C=O) groups is 6. The van der Waals surface area contributed by atoms with Crippen molar-refractivity contribution in [1.82, 2.24) is 25.4 Å². The quantitative estimate of drug-likeness (QED) is 0.0934. The first-order chi connectivity index (χ1) is 27.4. The van der Waals surface area contributed by atoms with Crippen LogP contribution in [0.15, 0.2) is 35.7 Å². The lowest BCUT2D eigenvalue weighted by Crippen LogP contribution is -2.59. The fourth-order valence-corrected chi connectivity index (χ4v) is 8.01. The van der Waals surface area contributed by atoms with E-state index in [1.165, 1.54) is 11.8 Å². The van der Waals surface area contributed by atoms with E-state index in [9.17, 15) is 33.9 Å². The number of nitrogens with one attached hydrogen (secondary N) is 2. The Labute approximate surface area is 347 Å². The van der Waals surface area contributed by atoms with Gasteiger partial charge in [-0.15, -0.1) is 11.3 Å². The van der Waals surface area contributed by atoms with Gasteiger partial charge < -0.3 is 30.1 Å². The Bertz CT molecular complexity index is 1670. The van der Waals surface area contributed by atoms with E-state index in [0.29, 0.717) is 24.3 Å². The van der Waals surface area contributed by atoms with Gasteiger partial charge in [0.15, 0.2) is 12.8 Å². The summed E-state index contributed by atoms with van der Waals surface area (Å²) in [7, 11) is 1.91. The average molecular weight is 828 g/mol. The van der Waals surface area contributed by atoms with Gasteiger partial charge >= 0.3 is 17.9 Å². The molecule has 322 valence electrons. The van der Waals surface area contributed by atoms with E-state index >= 15 is 0 Å². The van der Waals surface area contributed by atoms with Gasteiger partial charge in [0.2, 0.25) is 11.8 Å². The monoisotopic (exact) mass is 827 g/mol. The molecule has 1 fully saturated rings. The lowest BCUT2D eigenvalue weighted by Gasteiger charge is -2.39. The normalized spacial score (nSPS) is 17.7. The Kier molecular flexibility index (Phi) is 19.3. The first-order valence-corrected chi connectivity index (χ1v) is 21.5. The minimum atomic E-state index is -0.988. The highest BCUT2D eigenvalue weighted by atomic mass is 32.1. The van der Waals surface area contributed by atoms with Crippen molar-refractivity contribution in [3.8, 4) is 0 Å². The number of aromatic nitrogens is 1. The fourth-order valence-electron chi connectivity index (χ4n) is 7.17. The third-order valence-electron chi connectivity index (χ3n) is 10.8. The number of likely N-dealkylation sites (tertiary alicyclic amines) is 1. The number of carbonyl (C=O) groups excluding carboxylic acids is 5. The van der Waals surface area contributed by atoms with Crippen LogP contribution in [0.25, 0.3) is 0 Å². The zero-order valence-electron chi connectivity index (χ0n) is 35.7. The number of rotatable bonds is 22. The highest BCUT2D eigenvalue weighted by Crippen LogP contribution is 2.32. The summed E-state index contributed by atoms with van der Waals surface area (Å²) in [5.41, 5.74) is 1.01. The molecule has 7 atom stereocenters. The molecule has 1 aliphatic heterocycles. The summed E-state index contributed by atoms with van der Waals surface area (Å²) in [4.78, 5) is 87.4. The van der Waals surface area contributed by atoms with Crippen molar-refractivity contribution >= 4 is 47.0 Å². The molecule has 0 saturated carbocycles. The van der Waals surface area contributed by atoms with Crippen LogP contribution >= 0.6 is 11.3 Å². The van der Waals surface area contributed by atoms with E-state index in [1.807, 2.05) is 83.8 Å². The van der Waals surface area contributed by atoms with Crippen molar-refractivity contribution < 1.29 is 43.3 Å². The lowest BCUT2D eigenvalue weighted by atomic mass is 9.92. The first-order valence-electron chi connectivity index (χ1n) is 20.6. The Morgan fingerprint density at radius 3 is 2.28 bits per heavy atom. The standard InChI is InChI=1S/C43H65N5O9S/c1-10-28(6)38(46-40(52)34-18-14-15-19-47(34)9)42(53)48(25-56-37(50)20-26(2)3)35(27(4)5)23-36(57-30(8)49)41-45-33(24-58-41)39(51)44-32(21-29(7)43(54)55)22-31-16-12-11-13-17-31/h11-13,16-17,24,26-29,32,34-36,38H,10,14-15,18-23,25H2,1-9H3,(H,44,51)(H,46,52)(H,54,55)/t28-,29-,32+,34+,35-,36-,38?/m0/s1. The largest absolute Gasteiger partial charge is 0.481 e. The lowest BCUT2D eigenvalue weighted by molar-refractivity contribution is -0.161. The van der Waals surface area contributed by atoms with Crippen LogP contribution in [0.1, 0.15) is 127 Å². The van der Waals surface area contributed by atoms with E-state index in [4.69, 9.17) is 9.47 Å². The SMILES string of the molecule is CC[C@H](C)C(NC(=O)[C@H]1CCCCN1C)C(=O)N(COC(=O)CC(C)C)[C@@H](C[C@H](OC(C)=O)c1nc(C(=O)N[C@@H](Cc2ccccc2)C[C@H](C)C(=O)O)cs1)C(C)C. The molecule has 3 N–H and O–H groups in total. The molecule has 1 aromatic heterocycles. The van der Waals surface area contributed by atoms with E-state index in [1.54, 1.807) is 12.3 Å². The molecule has 1 unspecified atom stereocenters. The third-order valence-corrected chi connectivity index (χ3v) is 11.7. The average Bonchev–Trinajstić information content (AvgIpc) is 3.66. The molecule has 1 aliphatic rings. The maximum Gasteiger partial charge on any atom is 0.307 e. The highest BCUT2D eigenvalue weighted by molar-refractivity contribution is 7.09. The Balaban J connectivity index is 1.96. The van der Waals surface area contributed by atoms with E-state index < -0.39 is 59.9 Å². The van der Waals surface area contributed by atoms with E-state index in [-0.39, 0.29) is 61.4 Å². The maximum absolute atomic E-state index is 14.8. The summed E-state index contributed by atoms with van der Waals surface area (Å²) in [6.45, 7) is 14.7. The molecule has 3 rings (SSSR count). The molecule has 58 heavy (non-hydrogen) atoms. The maximum atomic E-state index is 14.8. The molecule has 1 aromatic carbocycles. The molecular weight excluding hydrogens is 763 g/mol. The van der Waals surface area contributed by atoms with Crippen LogP contribution in [0.2, 0.25) is 0 Å². The summed E-state index contributed by atoms with van der Waals surface area (Å²) in [6.07, 6.45) is 3.00. The Morgan fingerprint density at radius 1 is 1.00 bits per heavy atom.